The smallest absolute Gasteiger partial charge is 0.205 e. The minimum absolute atomic E-state index is 0.0392. The maximum atomic E-state index is 12.8. The molecule has 2 N–H and O–H groups in total. The fourth-order valence-corrected chi connectivity index (χ4v) is 3.64. The predicted octanol–water partition coefficient (Wildman–Crippen LogP) is 4.07. The highest BCUT2D eigenvalue weighted by atomic mass is 16.5. The van der Waals surface area contributed by atoms with Crippen molar-refractivity contribution in [3.05, 3.63) is 64.3 Å². The number of nitriles is 1. The lowest BCUT2D eigenvalue weighted by molar-refractivity contribution is -0.119. The summed E-state index contributed by atoms with van der Waals surface area (Å²) in [4.78, 5) is 12.8. The molecule has 0 radical (unpaired) electrons. The molecule has 1 aromatic carbocycles. The summed E-state index contributed by atoms with van der Waals surface area (Å²) in [6, 6.07) is 12.0. The summed E-state index contributed by atoms with van der Waals surface area (Å²) in [6.07, 6.45) is 3.09. The molecule has 0 amide bonds. The van der Waals surface area contributed by atoms with Crippen LogP contribution in [0.4, 0.5) is 0 Å². The van der Waals surface area contributed by atoms with Crippen LogP contribution in [0.2, 0.25) is 0 Å². The molecule has 0 bridgehead atoms. The van der Waals surface area contributed by atoms with Gasteiger partial charge < -0.3 is 10.5 Å². The van der Waals surface area contributed by atoms with Crippen molar-refractivity contribution in [3.8, 4) is 6.07 Å². The SMILES string of the molecule is C/C(=C\c1ccccc1)C1C(C#N)=C(N)OC2=C1C(=O)CC(C)(C)C2. The lowest BCUT2D eigenvalue weighted by Gasteiger charge is -2.37. The molecule has 2 aliphatic rings. The number of nitrogens with two attached hydrogens (primary N) is 1. The molecular formula is C21H22N2O2. The highest BCUT2D eigenvalue weighted by Crippen LogP contribution is 2.46. The molecule has 1 atom stereocenters. The summed E-state index contributed by atoms with van der Waals surface area (Å²) in [7, 11) is 0. The third kappa shape index (κ3) is 3.23. The van der Waals surface area contributed by atoms with Crippen LogP contribution >= 0.6 is 0 Å². The van der Waals surface area contributed by atoms with Gasteiger partial charge in [0.1, 0.15) is 17.4 Å². The van der Waals surface area contributed by atoms with Crippen molar-refractivity contribution in [2.45, 2.75) is 33.6 Å². The number of nitrogens with zero attached hydrogens (tertiary/aromatic N) is 1. The van der Waals surface area contributed by atoms with Gasteiger partial charge in [0.2, 0.25) is 5.88 Å². The molecule has 1 aromatic rings. The summed E-state index contributed by atoms with van der Waals surface area (Å²) in [6.45, 7) is 6.02. The van der Waals surface area contributed by atoms with E-state index in [1.54, 1.807) is 0 Å². The van der Waals surface area contributed by atoms with Gasteiger partial charge >= 0.3 is 0 Å². The Labute approximate surface area is 148 Å². The van der Waals surface area contributed by atoms with Crippen molar-refractivity contribution in [2.75, 3.05) is 0 Å². The highest BCUT2D eigenvalue weighted by Gasteiger charge is 2.42. The van der Waals surface area contributed by atoms with Crippen LogP contribution in [0.1, 0.15) is 39.2 Å². The molecule has 0 fully saturated rings. The maximum Gasteiger partial charge on any atom is 0.205 e. The quantitative estimate of drug-likeness (QED) is 0.884. The maximum absolute atomic E-state index is 12.8. The molecule has 1 heterocycles. The summed E-state index contributed by atoms with van der Waals surface area (Å²) in [5.41, 5.74) is 8.69. The number of allylic oxidation sites excluding steroid dienone is 4. The zero-order valence-electron chi connectivity index (χ0n) is 14.8. The van der Waals surface area contributed by atoms with E-state index in [0.29, 0.717) is 29.7 Å². The van der Waals surface area contributed by atoms with E-state index < -0.39 is 5.92 Å². The third-order valence-electron chi connectivity index (χ3n) is 4.72. The van der Waals surface area contributed by atoms with Crippen molar-refractivity contribution in [1.82, 2.24) is 0 Å². The predicted molar refractivity (Wildman–Crippen MR) is 96.5 cm³/mol. The van der Waals surface area contributed by atoms with Gasteiger partial charge in [-0.3, -0.25) is 4.79 Å². The van der Waals surface area contributed by atoms with Crippen LogP contribution in [0.15, 0.2) is 58.7 Å². The number of ether oxygens (including phenoxy) is 1. The second kappa shape index (κ2) is 6.25. The molecule has 128 valence electrons. The van der Waals surface area contributed by atoms with Crippen LogP contribution in [-0.2, 0) is 9.53 Å². The topological polar surface area (TPSA) is 76.1 Å². The monoisotopic (exact) mass is 334 g/mol. The molecule has 0 saturated heterocycles. The first-order chi connectivity index (χ1) is 11.8. The standard InChI is InChI=1S/C21H22N2O2/c1-13(9-14-7-5-4-6-8-14)18-15(12-22)20(23)25-17-11-21(2,3)10-16(24)19(17)18/h4-9,18H,10-11,23H2,1-3H3/b13-9+. The van der Waals surface area contributed by atoms with Gasteiger partial charge in [-0.05, 0) is 17.9 Å². The van der Waals surface area contributed by atoms with Gasteiger partial charge in [0.05, 0.1) is 5.92 Å². The molecule has 0 aromatic heterocycles. The van der Waals surface area contributed by atoms with Crippen molar-refractivity contribution >= 4 is 11.9 Å². The number of carbonyl (C=O) groups excluding carboxylic acids is 1. The zero-order chi connectivity index (χ0) is 18.2. The minimum atomic E-state index is -0.433. The molecular weight excluding hydrogens is 312 g/mol. The van der Waals surface area contributed by atoms with Gasteiger partial charge in [0, 0.05) is 18.4 Å². The fraction of sp³-hybridized carbons (Fsp3) is 0.333. The lowest BCUT2D eigenvalue weighted by atomic mass is 9.70. The molecule has 0 saturated carbocycles. The van der Waals surface area contributed by atoms with Crippen molar-refractivity contribution < 1.29 is 9.53 Å². The van der Waals surface area contributed by atoms with Crippen LogP contribution in [-0.4, -0.2) is 5.78 Å². The van der Waals surface area contributed by atoms with E-state index in [-0.39, 0.29) is 17.1 Å². The van der Waals surface area contributed by atoms with Gasteiger partial charge in [-0.1, -0.05) is 55.8 Å². The van der Waals surface area contributed by atoms with Crippen LogP contribution in [0, 0.1) is 22.7 Å². The number of rotatable bonds is 2. The molecule has 1 unspecified atom stereocenters. The van der Waals surface area contributed by atoms with Crippen molar-refractivity contribution in [3.63, 3.8) is 0 Å². The Kier molecular flexibility index (Phi) is 4.26. The Balaban J connectivity index is 2.11. The number of hydrogen-bond acceptors (Lipinski definition) is 4. The highest BCUT2D eigenvalue weighted by molar-refractivity contribution is 5.99. The van der Waals surface area contributed by atoms with Gasteiger partial charge in [0.25, 0.3) is 0 Å². The summed E-state index contributed by atoms with van der Waals surface area (Å²) in [5, 5.41) is 9.60. The number of benzene rings is 1. The summed E-state index contributed by atoms with van der Waals surface area (Å²) < 4.78 is 5.70. The normalized spacial score (nSPS) is 23.0. The fourth-order valence-electron chi connectivity index (χ4n) is 3.64. The van der Waals surface area contributed by atoms with E-state index in [0.717, 1.165) is 11.1 Å². The van der Waals surface area contributed by atoms with E-state index in [9.17, 15) is 10.1 Å². The van der Waals surface area contributed by atoms with E-state index in [1.807, 2.05) is 57.2 Å². The number of ketones is 1. The minimum Gasteiger partial charge on any atom is -0.444 e. The van der Waals surface area contributed by atoms with Crippen molar-refractivity contribution in [2.24, 2.45) is 17.1 Å². The Bertz CT molecular complexity index is 852. The second-order valence-corrected chi connectivity index (χ2v) is 7.50. The average Bonchev–Trinajstić information content (AvgIpc) is 2.53. The van der Waals surface area contributed by atoms with E-state index >= 15 is 0 Å². The molecule has 1 aliphatic carbocycles. The average molecular weight is 334 g/mol. The van der Waals surface area contributed by atoms with E-state index in [1.165, 1.54) is 0 Å². The molecule has 4 heteroatoms. The van der Waals surface area contributed by atoms with E-state index in [2.05, 4.69) is 6.07 Å². The number of hydrogen-bond donors (Lipinski definition) is 1. The molecule has 25 heavy (non-hydrogen) atoms. The first-order valence-corrected chi connectivity index (χ1v) is 8.39. The Morgan fingerprint density at radius 2 is 2.00 bits per heavy atom. The summed E-state index contributed by atoms with van der Waals surface area (Å²) in [5.74, 6) is 0.330. The van der Waals surface area contributed by atoms with Crippen LogP contribution in [0.25, 0.3) is 6.08 Å². The summed E-state index contributed by atoms with van der Waals surface area (Å²) >= 11 is 0. The van der Waals surface area contributed by atoms with Gasteiger partial charge in [-0.25, -0.2) is 0 Å². The molecule has 4 nitrogen and oxygen atoms in total. The Morgan fingerprint density at radius 1 is 1.32 bits per heavy atom. The molecule has 0 spiro atoms. The van der Waals surface area contributed by atoms with Crippen LogP contribution in [0.3, 0.4) is 0 Å². The number of carbonyl (C=O) groups is 1. The van der Waals surface area contributed by atoms with Crippen LogP contribution < -0.4 is 5.73 Å². The lowest BCUT2D eigenvalue weighted by Crippen LogP contribution is -2.34. The largest absolute Gasteiger partial charge is 0.444 e. The third-order valence-corrected chi connectivity index (χ3v) is 4.72. The first kappa shape index (κ1) is 17.0. The molecule has 3 rings (SSSR count). The first-order valence-electron chi connectivity index (χ1n) is 8.39. The van der Waals surface area contributed by atoms with Crippen LogP contribution in [0.5, 0.6) is 0 Å². The number of Topliss-reactive ketones (excluding diaryl/α,β-unsaturated/α-hetero) is 1. The Morgan fingerprint density at radius 3 is 2.64 bits per heavy atom. The zero-order valence-corrected chi connectivity index (χ0v) is 14.8. The second-order valence-electron chi connectivity index (χ2n) is 7.50. The molecule has 1 aliphatic heterocycles. The van der Waals surface area contributed by atoms with Crippen molar-refractivity contribution in [1.29, 1.82) is 5.26 Å². The van der Waals surface area contributed by atoms with Gasteiger partial charge in [-0.2, -0.15) is 5.26 Å². The Hall–Kier alpha value is -2.80. The van der Waals surface area contributed by atoms with Gasteiger partial charge in [-0.15, -0.1) is 0 Å². The van der Waals surface area contributed by atoms with Gasteiger partial charge in [0.15, 0.2) is 5.78 Å². The van der Waals surface area contributed by atoms with E-state index in [4.69, 9.17) is 10.5 Å².